The van der Waals surface area contributed by atoms with Crippen LogP contribution < -0.4 is 10.6 Å². The van der Waals surface area contributed by atoms with Gasteiger partial charge in [-0.05, 0) is 47.9 Å². The fourth-order valence-electron chi connectivity index (χ4n) is 4.87. The quantitative estimate of drug-likeness (QED) is 0.418. The van der Waals surface area contributed by atoms with Gasteiger partial charge in [0.25, 0.3) is 11.8 Å². The molecule has 0 unspecified atom stereocenters. The monoisotopic (exact) mass is 484 g/mol. The lowest BCUT2D eigenvalue weighted by molar-refractivity contribution is -0.125. The Morgan fingerprint density at radius 1 is 1.08 bits per heavy atom. The van der Waals surface area contributed by atoms with E-state index in [1.165, 1.54) is 17.2 Å². The van der Waals surface area contributed by atoms with Gasteiger partial charge < -0.3 is 14.6 Å². The van der Waals surface area contributed by atoms with Crippen molar-refractivity contribution in [3.63, 3.8) is 0 Å². The average molecular weight is 484 g/mol. The van der Waals surface area contributed by atoms with Crippen molar-refractivity contribution in [3.8, 4) is 11.3 Å². The number of furan rings is 1. The second-order valence-corrected chi connectivity index (χ2v) is 9.02. The van der Waals surface area contributed by atoms with Crippen molar-refractivity contribution < 1.29 is 23.2 Å². The molecule has 0 saturated carbocycles. The minimum atomic E-state index is -1.63. The van der Waals surface area contributed by atoms with Gasteiger partial charge in [-0.15, -0.1) is 0 Å². The molecule has 6 rings (SSSR count). The highest BCUT2D eigenvalue weighted by molar-refractivity contribution is 6.08. The normalized spacial score (nSPS) is 19.1. The summed E-state index contributed by atoms with van der Waals surface area (Å²) in [7, 11) is 0. The third-order valence-electron chi connectivity index (χ3n) is 6.81. The number of aromatic nitrogens is 1. The molecule has 4 aromatic rings. The number of aryl methyl sites for hydroxylation is 1. The first-order chi connectivity index (χ1) is 17.4. The molecule has 2 N–H and O–H groups in total. The minimum absolute atomic E-state index is 0.118. The molecule has 4 amide bonds. The second kappa shape index (κ2) is 8.01. The van der Waals surface area contributed by atoms with Gasteiger partial charge in [-0.25, -0.2) is 9.18 Å². The lowest BCUT2D eigenvalue weighted by Gasteiger charge is -2.29. The molecule has 1 saturated heterocycles. The number of nitrogens with one attached hydrogen (secondary N) is 2. The number of urea groups is 1. The fraction of sp³-hybridized carbons (Fsp3) is 0.185. The van der Waals surface area contributed by atoms with E-state index in [1.807, 2.05) is 25.1 Å². The summed E-state index contributed by atoms with van der Waals surface area (Å²) in [6, 6.07) is 14.7. The zero-order chi connectivity index (χ0) is 25.0. The van der Waals surface area contributed by atoms with Crippen LogP contribution in [0.15, 0.2) is 65.2 Å². The van der Waals surface area contributed by atoms with Crippen LogP contribution in [0.4, 0.5) is 9.18 Å². The van der Waals surface area contributed by atoms with Crippen LogP contribution in [0.3, 0.4) is 0 Å². The number of hydrogen-bond acceptors (Lipinski definition) is 5. The summed E-state index contributed by atoms with van der Waals surface area (Å²) in [5, 5.41) is 5.53. The molecule has 36 heavy (non-hydrogen) atoms. The first-order valence-corrected chi connectivity index (χ1v) is 11.6. The molecule has 8 nitrogen and oxygen atoms in total. The number of fused-ring (bicyclic) bond motifs is 2. The van der Waals surface area contributed by atoms with Gasteiger partial charge in [0.15, 0.2) is 11.1 Å². The number of amides is 4. The molecule has 4 heterocycles. The molecular formula is C27H21FN4O4. The van der Waals surface area contributed by atoms with Crippen molar-refractivity contribution in [3.05, 3.63) is 89.1 Å². The largest absolute Gasteiger partial charge is 0.456 e. The fourth-order valence-corrected chi connectivity index (χ4v) is 4.87. The summed E-state index contributed by atoms with van der Waals surface area (Å²) in [6.07, 6.45) is 2.25. The summed E-state index contributed by atoms with van der Waals surface area (Å²) in [6.45, 7) is 2.20. The van der Waals surface area contributed by atoms with Gasteiger partial charge in [-0.1, -0.05) is 31.2 Å². The number of carbonyl (C=O) groups excluding carboxylic acids is 3. The van der Waals surface area contributed by atoms with Gasteiger partial charge in [-0.3, -0.25) is 19.9 Å². The Kier molecular flexibility index (Phi) is 4.89. The van der Waals surface area contributed by atoms with Crippen LogP contribution in [0.5, 0.6) is 0 Å². The summed E-state index contributed by atoms with van der Waals surface area (Å²) >= 11 is 0. The Hall–Kier alpha value is -4.53. The van der Waals surface area contributed by atoms with Crippen LogP contribution in [-0.2, 0) is 23.3 Å². The Morgan fingerprint density at radius 2 is 1.92 bits per heavy atom. The Morgan fingerprint density at radius 3 is 2.67 bits per heavy atom. The van der Waals surface area contributed by atoms with E-state index in [1.54, 1.807) is 30.3 Å². The number of rotatable bonds is 5. The van der Waals surface area contributed by atoms with E-state index in [0.29, 0.717) is 34.3 Å². The van der Waals surface area contributed by atoms with Crippen molar-refractivity contribution in [2.45, 2.75) is 25.4 Å². The minimum Gasteiger partial charge on any atom is -0.456 e. The molecule has 1 atom stereocenters. The van der Waals surface area contributed by atoms with Crippen LogP contribution in [0.2, 0.25) is 0 Å². The third-order valence-corrected chi connectivity index (χ3v) is 6.81. The maximum Gasteiger partial charge on any atom is 0.322 e. The highest BCUT2D eigenvalue weighted by Crippen LogP contribution is 2.35. The van der Waals surface area contributed by atoms with Crippen molar-refractivity contribution in [2.24, 2.45) is 0 Å². The zero-order valence-corrected chi connectivity index (χ0v) is 19.3. The Bertz CT molecular complexity index is 1580. The van der Waals surface area contributed by atoms with Crippen molar-refractivity contribution in [1.29, 1.82) is 0 Å². The van der Waals surface area contributed by atoms with E-state index >= 15 is 0 Å². The average Bonchev–Trinajstić information content (AvgIpc) is 3.52. The number of pyridine rings is 1. The molecule has 0 radical (unpaired) electrons. The summed E-state index contributed by atoms with van der Waals surface area (Å²) in [4.78, 5) is 44.4. The lowest BCUT2D eigenvalue weighted by atomic mass is 9.95. The molecule has 2 aliphatic rings. The molecule has 2 aliphatic heterocycles. The van der Waals surface area contributed by atoms with Gasteiger partial charge in [-0.2, -0.15) is 0 Å². The highest BCUT2D eigenvalue weighted by atomic mass is 19.1. The molecule has 9 heteroatoms. The van der Waals surface area contributed by atoms with Crippen LogP contribution in [0.1, 0.15) is 34.2 Å². The molecule has 180 valence electrons. The van der Waals surface area contributed by atoms with E-state index < -0.39 is 23.3 Å². The number of halogens is 1. The van der Waals surface area contributed by atoms with Gasteiger partial charge in [0.05, 0.1) is 18.4 Å². The molecular weight excluding hydrogens is 463 g/mol. The summed E-state index contributed by atoms with van der Waals surface area (Å²) in [5.41, 5.74) is 1.97. The molecule has 0 spiro atoms. The number of nitrogens with zero attached hydrogens (tertiary/aromatic N) is 2. The number of carbonyl (C=O) groups is 3. The Balaban J connectivity index is 1.39. The molecule has 0 bridgehead atoms. The molecule has 0 aliphatic carbocycles. The van der Waals surface area contributed by atoms with Crippen LogP contribution in [0, 0.1) is 5.82 Å². The van der Waals surface area contributed by atoms with Gasteiger partial charge in [0.2, 0.25) is 0 Å². The van der Waals surface area contributed by atoms with E-state index in [0.717, 1.165) is 17.5 Å². The van der Waals surface area contributed by atoms with Crippen molar-refractivity contribution in [1.82, 2.24) is 20.5 Å². The molecule has 1 fully saturated rings. The summed E-state index contributed by atoms with van der Waals surface area (Å²) < 4.78 is 20.3. The molecule has 2 aromatic carbocycles. The van der Waals surface area contributed by atoms with Gasteiger partial charge in [0, 0.05) is 23.1 Å². The van der Waals surface area contributed by atoms with Crippen LogP contribution in [0.25, 0.3) is 22.2 Å². The van der Waals surface area contributed by atoms with Crippen LogP contribution >= 0.6 is 0 Å². The van der Waals surface area contributed by atoms with Crippen molar-refractivity contribution >= 4 is 28.8 Å². The summed E-state index contributed by atoms with van der Waals surface area (Å²) in [5.74, 6) is -1.09. The SMILES string of the molecule is CCc1ccc2c(c1)C(=O)N(C[C@@]1(c3cc4cc(-c5ccccc5F)ncc4o3)NC(=O)NC1=O)C2. The standard InChI is InChI=1S/C27H21FN4O4/c1-2-15-7-8-16-13-32(24(33)19(16)9-15)14-27(25(34)30-26(35)31-27)23-11-17-10-21(29-12-22(17)36-23)18-5-3-4-6-20(18)28/h3-12H,2,13-14H2,1H3,(H2,30,31,34,35)/t27-/m0/s1. The maximum atomic E-state index is 14.3. The van der Waals surface area contributed by atoms with E-state index in [4.69, 9.17) is 4.42 Å². The van der Waals surface area contributed by atoms with E-state index in [-0.39, 0.29) is 18.2 Å². The lowest BCUT2D eigenvalue weighted by Crippen LogP contribution is -2.52. The first-order valence-electron chi connectivity index (χ1n) is 11.6. The predicted octanol–water partition coefficient (Wildman–Crippen LogP) is 3.89. The topological polar surface area (TPSA) is 105 Å². The number of benzene rings is 2. The number of imide groups is 1. The van der Waals surface area contributed by atoms with E-state index in [2.05, 4.69) is 15.6 Å². The highest BCUT2D eigenvalue weighted by Gasteiger charge is 2.53. The van der Waals surface area contributed by atoms with E-state index in [9.17, 15) is 18.8 Å². The van der Waals surface area contributed by atoms with Crippen LogP contribution in [-0.4, -0.2) is 34.3 Å². The predicted molar refractivity (Wildman–Crippen MR) is 128 cm³/mol. The smallest absolute Gasteiger partial charge is 0.322 e. The van der Waals surface area contributed by atoms with Gasteiger partial charge >= 0.3 is 6.03 Å². The van der Waals surface area contributed by atoms with Gasteiger partial charge in [0.1, 0.15) is 11.6 Å². The maximum absolute atomic E-state index is 14.3. The third kappa shape index (κ3) is 3.35. The van der Waals surface area contributed by atoms with Crippen molar-refractivity contribution in [2.75, 3.05) is 6.54 Å². The zero-order valence-electron chi connectivity index (χ0n) is 19.3. The Labute approximate surface area is 205 Å². The molecule has 2 aromatic heterocycles. The first kappa shape index (κ1) is 22.0. The number of hydrogen-bond donors (Lipinski definition) is 2. The second-order valence-electron chi connectivity index (χ2n) is 9.02.